The molecule has 266 valence electrons. The first-order valence-electron chi connectivity index (χ1n) is 16.8. The van der Waals surface area contributed by atoms with E-state index >= 15 is 0 Å². The Bertz CT molecular complexity index is 1870. The van der Waals surface area contributed by atoms with Crippen LogP contribution in [0.15, 0.2) is 91.1 Å². The summed E-state index contributed by atoms with van der Waals surface area (Å²) in [6, 6.07) is 25.1. The van der Waals surface area contributed by atoms with Crippen LogP contribution >= 0.6 is 11.6 Å². The van der Waals surface area contributed by atoms with Gasteiger partial charge in [-0.15, -0.1) is 0 Å². The number of fused-ring (bicyclic) bond motifs is 4. The molecule has 8 rings (SSSR count). The van der Waals surface area contributed by atoms with E-state index in [2.05, 4.69) is 38.4 Å². The molecule has 4 atom stereocenters. The van der Waals surface area contributed by atoms with Gasteiger partial charge < -0.3 is 30.7 Å². The van der Waals surface area contributed by atoms with Gasteiger partial charge in [0.15, 0.2) is 0 Å². The van der Waals surface area contributed by atoms with Crippen LogP contribution in [-0.4, -0.2) is 66.4 Å². The number of hydrogen-bond donors (Lipinski definition) is 4. The third-order valence-corrected chi connectivity index (χ3v) is 9.95. The second kappa shape index (κ2) is 14.4. The van der Waals surface area contributed by atoms with E-state index in [0.717, 1.165) is 75.5 Å². The molecule has 51 heavy (non-hydrogen) atoms. The van der Waals surface area contributed by atoms with Crippen LogP contribution in [-0.2, 0) is 28.5 Å². The molecule has 4 aromatic rings. The number of carbonyl (C=O) groups excluding carboxylic acids is 2. The smallest absolute Gasteiger partial charge is 0.372 e. The molecular weight excluding hydrogens is 683 g/mol. The number of amides is 2. The Morgan fingerprint density at radius 3 is 1.69 bits per heavy atom. The van der Waals surface area contributed by atoms with Crippen LogP contribution in [0.5, 0.6) is 0 Å². The van der Waals surface area contributed by atoms with Crippen molar-refractivity contribution in [3.8, 4) is 0 Å². The third-order valence-electron chi connectivity index (χ3n) is 9.72. The maximum atomic E-state index is 12.7. The van der Waals surface area contributed by atoms with Crippen LogP contribution in [0.3, 0.4) is 0 Å². The Morgan fingerprint density at radius 1 is 0.765 bits per heavy atom. The van der Waals surface area contributed by atoms with Crippen molar-refractivity contribution in [2.24, 2.45) is 0 Å². The quantitative estimate of drug-likeness (QED) is 0.169. The lowest BCUT2D eigenvalue weighted by atomic mass is 9.93. The van der Waals surface area contributed by atoms with Gasteiger partial charge in [0, 0.05) is 71.7 Å². The van der Waals surface area contributed by atoms with Crippen LogP contribution in [0, 0.1) is 0 Å². The highest BCUT2D eigenvalue weighted by molar-refractivity contribution is 6.31. The fourth-order valence-electron chi connectivity index (χ4n) is 7.15. The van der Waals surface area contributed by atoms with Gasteiger partial charge in [0.2, 0.25) is 0 Å². The van der Waals surface area contributed by atoms with Gasteiger partial charge in [0.05, 0.1) is 24.4 Å². The second-order valence-electron chi connectivity index (χ2n) is 13.6. The van der Waals surface area contributed by atoms with Gasteiger partial charge in [-0.05, 0) is 78.6 Å². The van der Waals surface area contributed by atoms with Crippen molar-refractivity contribution < 1.29 is 32.2 Å². The summed E-state index contributed by atoms with van der Waals surface area (Å²) in [5.41, 5.74) is 2.76. The van der Waals surface area contributed by atoms with Gasteiger partial charge in [-0.2, -0.15) is 13.2 Å². The van der Waals surface area contributed by atoms with Crippen molar-refractivity contribution in [2.45, 2.75) is 55.1 Å². The van der Waals surface area contributed by atoms with Gasteiger partial charge in [-0.3, -0.25) is 14.6 Å². The van der Waals surface area contributed by atoms with Crippen molar-refractivity contribution in [3.63, 3.8) is 0 Å². The molecule has 9 nitrogen and oxygen atoms in total. The Hall–Kier alpha value is -4.33. The third kappa shape index (κ3) is 8.43. The molecule has 4 saturated heterocycles. The zero-order valence-electron chi connectivity index (χ0n) is 27.6. The lowest BCUT2D eigenvalue weighted by Gasteiger charge is -2.26. The molecule has 0 unspecified atom stereocenters. The summed E-state index contributed by atoms with van der Waals surface area (Å²) in [4.78, 5) is 27.7. The largest absolute Gasteiger partial charge is 0.433 e. The highest BCUT2D eigenvalue weighted by Gasteiger charge is 2.47. The van der Waals surface area contributed by atoms with Gasteiger partial charge >= 0.3 is 6.18 Å². The Balaban J connectivity index is 0.000000160. The fraction of sp³-hybridized carbons (Fsp3) is 0.342. The predicted molar refractivity (Wildman–Crippen MR) is 187 cm³/mol. The van der Waals surface area contributed by atoms with Crippen LogP contribution < -0.4 is 21.3 Å². The van der Waals surface area contributed by atoms with Gasteiger partial charge in [-0.25, -0.2) is 0 Å². The Kier molecular flexibility index (Phi) is 9.88. The molecule has 0 spiro atoms. The minimum Gasteiger partial charge on any atom is -0.372 e. The molecule has 13 heteroatoms. The molecule has 4 bridgehead atoms. The number of rotatable bonds is 8. The monoisotopic (exact) mass is 719 g/mol. The van der Waals surface area contributed by atoms with Gasteiger partial charge in [0.1, 0.15) is 5.69 Å². The molecular formula is C38H37ClF3N5O4. The highest BCUT2D eigenvalue weighted by Crippen LogP contribution is 2.36. The number of nitrogens with zero attached hydrogens (tertiary/aromatic N) is 1. The standard InChI is InChI=1S/C19H19ClN2O2.C19H18F3N3O2/c20-15-3-1-2-14(8-15)18(23)22-16-6-4-13(5-7-16)9-19-10-17(11-24-19)21-12-19;20-19(21,22)16-7-13(5-6-23-16)17(26)25-14-3-1-12(2-4-14)8-18-9-15(10-27-18)24-11-18/h1-8,17,21H,9-12H2,(H,22,23);1-7,15,24H,8-11H2,(H,25,26)/t17-,19-;15-,18-/m00/s1. The fourth-order valence-corrected chi connectivity index (χ4v) is 7.34. The first-order chi connectivity index (χ1) is 24.4. The van der Waals surface area contributed by atoms with Crippen molar-refractivity contribution in [3.05, 3.63) is 124 Å². The van der Waals surface area contributed by atoms with Crippen molar-refractivity contribution in [2.75, 3.05) is 36.9 Å². The number of carbonyl (C=O) groups is 2. The number of nitrogens with one attached hydrogen (secondary N) is 4. The van der Waals surface area contributed by atoms with Crippen LogP contribution in [0.4, 0.5) is 24.5 Å². The molecule has 0 saturated carbocycles. The molecule has 0 radical (unpaired) electrons. The second-order valence-corrected chi connectivity index (χ2v) is 14.1. The zero-order chi connectivity index (χ0) is 35.6. The minimum absolute atomic E-state index is 0.0454. The normalized spacial score (nSPS) is 24.5. The lowest BCUT2D eigenvalue weighted by Crippen LogP contribution is -2.40. The minimum atomic E-state index is -4.59. The van der Waals surface area contributed by atoms with E-state index in [9.17, 15) is 22.8 Å². The highest BCUT2D eigenvalue weighted by atomic mass is 35.5. The average molecular weight is 720 g/mol. The first-order valence-corrected chi connectivity index (χ1v) is 17.2. The van der Waals surface area contributed by atoms with E-state index in [-0.39, 0.29) is 22.7 Å². The maximum absolute atomic E-state index is 12.7. The molecule has 0 aliphatic carbocycles. The van der Waals surface area contributed by atoms with Crippen molar-refractivity contribution >= 4 is 34.8 Å². The topological polar surface area (TPSA) is 114 Å². The number of benzene rings is 3. The van der Waals surface area contributed by atoms with E-state index in [4.69, 9.17) is 21.1 Å². The zero-order valence-corrected chi connectivity index (χ0v) is 28.3. The summed E-state index contributed by atoms with van der Waals surface area (Å²) >= 11 is 5.93. The van der Waals surface area contributed by atoms with E-state index in [1.54, 1.807) is 36.4 Å². The molecule has 5 heterocycles. The molecule has 4 aliphatic rings. The number of halogens is 4. The van der Waals surface area contributed by atoms with Gasteiger partial charge in [0.25, 0.3) is 11.8 Å². The molecule has 3 aromatic carbocycles. The van der Waals surface area contributed by atoms with E-state index in [1.807, 2.05) is 24.3 Å². The predicted octanol–water partition coefficient (Wildman–Crippen LogP) is 6.29. The number of aromatic nitrogens is 1. The molecule has 1 aromatic heterocycles. The number of hydrogen-bond acceptors (Lipinski definition) is 7. The first kappa shape index (κ1) is 35.1. The van der Waals surface area contributed by atoms with Gasteiger partial charge in [-0.1, -0.05) is 41.9 Å². The van der Waals surface area contributed by atoms with Crippen molar-refractivity contribution in [1.82, 2.24) is 15.6 Å². The summed E-state index contributed by atoms with van der Waals surface area (Å²) in [6.07, 6.45) is 0.150. The average Bonchev–Trinajstić information content (AvgIpc) is 3.92. The van der Waals surface area contributed by atoms with Crippen molar-refractivity contribution in [1.29, 1.82) is 0 Å². The summed E-state index contributed by atoms with van der Waals surface area (Å²) < 4.78 is 50.0. The van der Waals surface area contributed by atoms with Crippen LogP contribution in [0.25, 0.3) is 0 Å². The lowest BCUT2D eigenvalue weighted by molar-refractivity contribution is -0.141. The number of ether oxygens (including phenoxy) is 2. The molecule has 4 N–H and O–H groups in total. The van der Waals surface area contributed by atoms with E-state index in [1.165, 1.54) is 11.6 Å². The maximum Gasteiger partial charge on any atom is 0.433 e. The number of morpholine rings is 2. The molecule has 2 amide bonds. The van der Waals surface area contributed by atoms with E-state index < -0.39 is 17.8 Å². The number of pyridine rings is 1. The Labute approximate surface area is 298 Å². The number of alkyl halides is 3. The van der Waals surface area contributed by atoms with E-state index in [0.29, 0.717) is 28.4 Å². The summed E-state index contributed by atoms with van der Waals surface area (Å²) in [5, 5.41) is 13.0. The number of anilines is 2. The van der Waals surface area contributed by atoms with Crippen LogP contribution in [0.1, 0.15) is 50.4 Å². The molecule has 4 fully saturated rings. The summed E-state index contributed by atoms with van der Waals surface area (Å²) in [7, 11) is 0. The van der Waals surface area contributed by atoms with Crippen LogP contribution in [0.2, 0.25) is 5.02 Å². The summed E-state index contributed by atoms with van der Waals surface area (Å²) in [5.74, 6) is -0.776. The summed E-state index contributed by atoms with van der Waals surface area (Å²) in [6.45, 7) is 3.30. The Morgan fingerprint density at radius 2 is 1.27 bits per heavy atom. The SMILES string of the molecule is O=C(Nc1ccc(C[C@]23CN[C@H](CO2)C3)cc1)c1cccc(Cl)c1.O=C(Nc1ccc(C[C@]23CN[C@H](CO2)C3)cc1)c1ccnc(C(F)(F)F)c1. The molecule has 4 aliphatic heterocycles.